The van der Waals surface area contributed by atoms with E-state index in [2.05, 4.69) is 4.98 Å². The van der Waals surface area contributed by atoms with E-state index in [0.717, 1.165) is 0 Å². The molecule has 0 radical (unpaired) electrons. The quantitative estimate of drug-likeness (QED) is 0.797. The Balaban J connectivity index is 2.21. The monoisotopic (exact) mass is 271 g/mol. The number of rotatable bonds is 3. The number of hydrogen-bond donors (Lipinski definition) is 1. The minimum atomic E-state index is -3.70. The number of hydrogen-bond acceptors (Lipinski definition) is 5. The Morgan fingerprint density at radius 2 is 2.22 bits per heavy atom. The molecule has 0 spiro atoms. The molecule has 1 saturated heterocycles. The Kier molecular flexibility index (Phi) is 3.22. The van der Waals surface area contributed by atoms with Crippen LogP contribution in [0.25, 0.3) is 0 Å². The summed E-state index contributed by atoms with van der Waals surface area (Å²) in [5, 5.41) is 4.18. The highest BCUT2D eigenvalue weighted by molar-refractivity contribution is 7.89. The highest BCUT2D eigenvalue weighted by Gasteiger charge is 2.37. The summed E-state index contributed by atoms with van der Waals surface area (Å²) in [4.78, 5) is 17.1. The zero-order chi connectivity index (χ0) is 13.3. The summed E-state index contributed by atoms with van der Waals surface area (Å²) in [6.45, 7) is 0.0387. The van der Waals surface area contributed by atoms with Gasteiger partial charge < -0.3 is 4.74 Å². The van der Waals surface area contributed by atoms with Gasteiger partial charge in [0.25, 0.3) is 0 Å². The molecule has 2 heterocycles. The first-order chi connectivity index (χ1) is 8.41. The van der Waals surface area contributed by atoms with E-state index in [0.29, 0.717) is 11.6 Å². The smallest absolute Gasteiger partial charge is 0.229 e. The minimum absolute atomic E-state index is 0.0387. The molecule has 1 aromatic heterocycles. The predicted octanol–water partition coefficient (Wildman–Crippen LogP) is -0.516. The van der Waals surface area contributed by atoms with Crippen LogP contribution in [-0.2, 0) is 14.8 Å². The summed E-state index contributed by atoms with van der Waals surface area (Å²) in [6.07, 6.45) is 1.36. The fourth-order valence-corrected chi connectivity index (χ4v) is 2.50. The number of aromatic nitrogens is 1. The summed E-state index contributed by atoms with van der Waals surface area (Å²) in [7, 11) is -2.20. The van der Waals surface area contributed by atoms with E-state index in [-0.39, 0.29) is 18.9 Å². The number of nitrogens with two attached hydrogens (primary N) is 1. The molecule has 1 aliphatic rings. The van der Waals surface area contributed by atoms with Crippen LogP contribution in [0.15, 0.2) is 18.3 Å². The van der Waals surface area contributed by atoms with Crippen LogP contribution in [0.4, 0.5) is 5.82 Å². The third-order valence-electron chi connectivity index (χ3n) is 2.79. The summed E-state index contributed by atoms with van der Waals surface area (Å²) in [5.41, 5.74) is 0. The van der Waals surface area contributed by atoms with Crippen LogP contribution >= 0.6 is 0 Å². The third kappa shape index (κ3) is 2.44. The van der Waals surface area contributed by atoms with E-state index in [4.69, 9.17) is 9.88 Å². The Hall–Kier alpha value is -1.67. The van der Waals surface area contributed by atoms with Crippen molar-refractivity contribution in [2.24, 2.45) is 5.14 Å². The van der Waals surface area contributed by atoms with Crippen molar-refractivity contribution in [2.75, 3.05) is 18.6 Å². The molecule has 0 aliphatic carbocycles. The molecule has 0 bridgehead atoms. The molecule has 2 N–H and O–H groups in total. The number of anilines is 1. The fourth-order valence-electron chi connectivity index (χ4n) is 1.77. The molecule has 98 valence electrons. The molecule has 1 aliphatic heterocycles. The fraction of sp³-hybridized carbons (Fsp3) is 0.400. The van der Waals surface area contributed by atoms with Gasteiger partial charge in [0, 0.05) is 13.0 Å². The van der Waals surface area contributed by atoms with Crippen molar-refractivity contribution in [3.8, 4) is 5.75 Å². The van der Waals surface area contributed by atoms with E-state index in [9.17, 15) is 13.2 Å². The summed E-state index contributed by atoms with van der Waals surface area (Å²) < 4.78 is 27.4. The van der Waals surface area contributed by atoms with E-state index < -0.39 is 15.3 Å². The second-order valence-corrected chi connectivity index (χ2v) is 5.82. The molecule has 1 amide bonds. The van der Waals surface area contributed by atoms with Crippen LogP contribution in [0.2, 0.25) is 0 Å². The van der Waals surface area contributed by atoms with E-state index in [1.807, 2.05) is 0 Å². The number of carbonyl (C=O) groups excluding carboxylic acids is 1. The van der Waals surface area contributed by atoms with Crippen LogP contribution in [0.1, 0.15) is 6.42 Å². The molecular formula is C10H13N3O4S. The molecule has 2 rings (SSSR count). The largest absolute Gasteiger partial charge is 0.495 e. The first-order valence-corrected chi connectivity index (χ1v) is 6.85. The standard InChI is InChI=1S/C10H13N3O4S/c1-17-7-2-3-9(12-5-7)13-6-8(4-10(13)14)18(11,15)16/h2-3,5,8H,4,6H2,1H3,(H2,11,15,16). The average Bonchev–Trinajstić information content (AvgIpc) is 2.71. The van der Waals surface area contributed by atoms with Gasteiger partial charge in [-0.25, -0.2) is 18.5 Å². The van der Waals surface area contributed by atoms with E-state index in [1.54, 1.807) is 12.1 Å². The lowest BCUT2D eigenvalue weighted by Gasteiger charge is -2.15. The van der Waals surface area contributed by atoms with Gasteiger partial charge in [-0.15, -0.1) is 0 Å². The van der Waals surface area contributed by atoms with Gasteiger partial charge in [0.05, 0.1) is 13.3 Å². The van der Waals surface area contributed by atoms with E-state index in [1.165, 1.54) is 18.2 Å². The molecule has 8 heteroatoms. The molecular weight excluding hydrogens is 258 g/mol. The van der Waals surface area contributed by atoms with Crippen LogP contribution in [0.5, 0.6) is 5.75 Å². The molecule has 0 saturated carbocycles. The zero-order valence-corrected chi connectivity index (χ0v) is 10.6. The Morgan fingerprint density at radius 1 is 1.50 bits per heavy atom. The number of sulfonamides is 1. The van der Waals surface area contributed by atoms with Crippen LogP contribution in [0.3, 0.4) is 0 Å². The van der Waals surface area contributed by atoms with Crippen molar-refractivity contribution in [1.29, 1.82) is 0 Å². The van der Waals surface area contributed by atoms with Crippen molar-refractivity contribution in [3.63, 3.8) is 0 Å². The minimum Gasteiger partial charge on any atom is -0.495 e. The molecule has 0 aromatic carbocycles. The Bertz CT molecular complexity index is 555. The predicted molar refractivity (Wildman–Crippen MR) is 64.7 cm³/mol. The van der Waals surface area contributed by atoms with Crippen molar-refractivity contribution in [2.45, 2.75) is 11.7 Å². The number of primary sulfonamides is 1. The van der Waals surface area contributed by atoms with Crippen molar-refractivity contribution in [3.05, 3.63) is 18.3 Å². The van der Waals surface area contributed by atoms with Gasteiger partial charge in [-0.1, -0.05) is 0 Å². The van der Waals surface area contributed by atoms with Gasteiger partial charge in [-0.2, -0.15) is 0 Å². The van der Waals surface area contributed by atoms with E-state index >= 15 is 0 Å². The van der Waals surface area contributed by atoms with Gasteiger partial charge in [0.2, 0.25) is 15.9 Å². The van der Waals surface area contributed by atoms with Gasteiger partial charge in [0.1, 0.15) is 16.8 Å². The molecule has 1 atom stereocenters. The van der Waals surface area contributed by atoms with Crippen LogP contribution < -0.4 is 14.8 Å². The summed E-state index contributed by atoms with van der Waals surface area (Å²) >= 11 is 0. The number of methoxy groups -OCH3 is 1. The second-order valence-electron chi connectivity index (χ2n) is 3.98. The van der Waals surface area contributed by atoms with Crippen LogP contribution in [-0.4, -0.2) is 38.2 Å². The maximum atomic E-state index is 11.7. The van der Waals surface area contributed by atoms with Crippen LogP contribution in [0, 0.1) is 0 Å². The first-order valence-electron chi connectivity index (χ1n) is 5.24. The maximum Gasteiger partial charge on any atom is 0.229 e. The molecule has 18 heavy (non-hydrogen) atoms. The summed E-state index contributed by atoms with van der Waals surface area (Å²) in [6, 6.07) is 3.25. The number of ether oxygens (including phenoxy) is 1. The average molecular weight is 271 g/mol. The SMILES string of the molecule is COc1ccc(N2CC(S(N)(=O)=O)CC2=O)nc1. The van der Waals surface area contributed by atoms with Crippen molar-refractivity contribution >= 4 is 21.7 Å². The Morgan fingerprint density at radius 3 is 2.67 bits per heavy atom. The van der Waals surface area contributed by atoms with Gasteiger partial charge in [-0.3, -0.25) is 9.69 Å². The number of pyridine rings is 1. The van der Waals surface area contributed by atoms with Gasteiger partial charge in [-0.05, 0) is 12.1 Å². The Labute approximate surface area is 105 Å². The number of carbonyl (C=O) groups is 1. The topological polar surface area (TPSA) is 103 Å². The number of amides is 1. The van der Waals surface area contributed by atoms with Gasteiger partial charge >= 0.3 is 0 Å². The lowest BCUT2D eigenvalue weighted by Crippen LogP contribution is -2.32. The third-order valence-corrected chi connectivity index (χ3v) is 4.03. The molecule has 1 fully saturated rings. The second kappa shape index (κ2) is 4.54. The van der Waals surface area contributed by atoms with Crippen molar-refractivity contribution in [1.82, 2.24) is 4.98 Å². The number of nitrogens with zero attached hydrogens (tertiary/aromatic N) is 2. The lowest BCUT2D eigenvalue weighted by atomic mass is 10.4. The lowest BCUT2D eigenvalue weighted by molar-refractivity contribution is -0.117. The highest BCUT2D eigenvalue weighted by Crippen LogP contribution is 2.23. The molecule has 1 aromatic rings. The van der Waals surface area contributed by atoms with Crippen molar-refractivity contribution < 1.29 is 17.9 Å². The summed E-state index contributed by atoms with van der Waals surface area (Å²) in [5.74, 6) is 0.659. The van der Waals surface area contributed by atoms with Gasteiger partial charge in [0.15, 0.2) is 0 Å². The highest BCUT2D eigenvalue weighted by atomic mass is 32.2. The normalized spacial score (nSPS) is 20.2. The zero-order valence-electron chi connectivity index (χ0n) is 9.74. The molecule has 1 unspecified atom stereocenters. The first kappa shape index (κ1) is 12.8. The molecule has 7 nitrogen and oxygen atoms in total. The maximum absolute atomic E-state index is 11.7.